The van der Waals surface area contributed by atoms with E-state index in [-0.39, 0.29) is 18.9 Å². The summed E-state index contributed by atoms with van der Waals surface area (Å²) in [7, 11) is 0. The summed E-state index contributed by atoms with van der Waals surface area (Å²) in [5.41, 5.74) is -0.588. The molecule has 1 saturated carbocycles. The number of hydrogen-bond acceptors (Lipinski definition) is 5. The molecule has 0 aromatic rings. The molecule has 0 aliphatic heterocycles. The summed E-state index contributed by atoms with van der Waals surface area (Å²) in [6.45, 7) is 6.93. The van der Waals surface area contributed by atoms with Gasteiger partial charge in [-0.05, 0) is 40.0 Å². The first-order valence-electron chi connectivity index (χ1n) is 7.36. The van der Waals surface area contributed by atoms with E-state index in [1.807, 2.05) is 6.92 Å². The molecule has 1 unspecified atom stereocenters. The van der Waals surface area contributed by atoms with Gasteiger partial charge in [0.25, 0.3) is 0 Å². The SMILES string of the molecule is CCC(C)(C)C(=O)OC(C)C(=O)OCOC1CCCC1. The van der Waals surface area contributed by atoms with E-state index in [2.05, 4.69) is 0 Å². The normalized spacial score (nSPS) is 17.8. The molecule has 5 heteroatoms. The highest BCUT2D eigenvalue weighted by Crippen LogP contribution is 2.23. The summed E-state index contributed by atoms with van der Waals surface area (Å²) in [4.78, 5) is 23.5. The number of esters is 2. The second kappa shape index (κ2) is 7.62. The average molecular weight is 286 g/mol. The zero-order valence-corrected chi connectivity index (χ0v) is 12.9. The van der Waals surface area contributed by atoms with Crippen molar-refractivity contribution in [2.24, 2.45) is 5.41 Å². The third-order valence-electron chi connectivity index (χ3n) is 3.86. The highest BCUT2D eigenvalue weighted by molar-refractivity contribution is 5.81. The van der Waals surface area contributed by atoms with Gasteiger partial charge in [0.1, 0.15) is 0 Å². The Kier molecular flexibility index (Phi) is 6.46. The Morgan fingerprint density at radius 3 is 2.40 bits per heavy atom. The monoisotopic (exact) mass is 286 g/mol. The molecule has 1 fully saturated rings. The maximum absolute atomic E-state index is 11.8. The Bertz CT molecular complexity index is 331. The molecular weight excluding hydrogens is 260 g/mol. The maximum atomic E-state index is 11.8. The first-order valence-corrected chi connectivity index (χ1v) is 7.36. The van der Waals surface area contributed by atoms with E-state index in [1.54, 1.807) is 13.8 Å². The van der Waals surface area contributed by atoms with Gasteiger partial charge in [0.2, 0.25) is 0 Å². The van der Waals surface area contributed by atoms with Crippen molar-refractivity contribution in [3.63, 3.8) is 0 Å². The van der Waals surface area contributed by atoms with Gasteiger partial charge in [-0.3, -0.25) is 4.79 Å². The van der Waals surface area contributed by atoms with E-state index in [4.69, 9.17) is 14.2 Å². The minimum absolute atomic E-state index is 0.0669. The molecule has 20 heavy (non-hydrogen) atoms. The summed E-state index contributed by atoms with van der Waals surface area (Å²) in [5, 5.41) is 0. The van der Waals surface area contributed by atoms with Crippen LogP contribution in [0.15, 0.2) is 0 Å². The minimum atomic E-state index is -0.902. The van der Waals surface area contributed by atoms with Gasteiger partial charge in [0, 0.05) is 0 Å². The molecule has 1 aliphatic carbocycles. The summed E-state index contributed by atoms with van der Waals surface area (Å²) in [5.74, 6) is -0.954. The Morgan fingerprint density at radius 2 is 1.85 bits per heavy atom. The van der Waals surface area contributed by atoms with E-state index < -0.39 is 17.5 Å². The molecule has 0 aromatic heterocycles. The molecule has 0 amide bonds. The van der Waals surface area contributed by atoms with E-state index in [0.29, 0.717) is 6.42 Å². The fourth-order valence-electron chi connectivity index (χ4n) is 1.87. The molecule has 0 radical (unpaired) electrons. The fraction of sp³-hybridized carbons (Fsp3) is 0.867. The van der Waals surface area contributed by atoms with Gasteiger partial charge in [-0.25, -0.2) is 4.79 Å². The molecule has 0 bridgehead atoms. The van der Waals surface area contributed by atoms with Crippen molar-refractivity contribution in [2.45, 2.75) is 72.0 Å². The van der Waals surface area contributed by atoms with Crippen molar-refractivity contribution in [1.82, 2.24) is 0 Å². The van der Waals surface area contributed by atoms with Crippen molar-refractivity contribution in [3.8, 4) is 0 Å². The van der Waals surface area contributed by atoms with Crippen molar-refractivity contribution in [3.05, 3.63) is 0 Å². The van der Waals surface area contributed by atoms with Crippen LogP contribution in [-0.2, 0) is 23.8 Å². The van der Waals surface area contributed by atoms with Gasteiger partial charge < -0.3 is 14.2 Å². The van der Waals surface area contributed by atoms with Crippen LogP contribution in [-0.4, -0.2) is 30.9 Å². The van der Waals surface area contributed by atoms with Crippen molar-refractivity contribution in [2.75, 3.05) is 6.79 Å². The van der Waals surface area contributed by atoms with Crippen LogP contribution < -0.4 is 0 Å². The molecule has 0 N–H and O–H groups in total. The van der Waals surface area contributed by atoms with Crippen LogP contribution in [0.25, 0.3) is 0 Å². The molecule has 0 saturated heterocycles. The third-order valence-corrected chi connectivity index (χ3v) is 3.86. The quantitative estimate of drug-likeness (QED) is 0.532. The van der Waals surface area contributed by atoms with Crippen molar-refractivity contribution < 1.29 is 23.8 Å². The van der Waals surface area contributed by atoms with Crippen LogP contribution >= 0.6 is 0 Å². The Balaban J connectivity index is 2.26. The average Bonchev–Trinajstić information content (AvgIpc) is 2.91. The Morgan fingerprint density at radius 1 is 1.25 bits per heavy atom. The predicted octanol–water partition coefficient (Wildman–Crippen LogP) is 2.81. The second-order valence-electron chi connectivity index (χ2n) is 5.94. The van der Waals surface area contributed by atoms with E-state index in [1.165, 1.54) is 19.8 Å². The van der Waals surface area contributed by atoms with Crippen LogP contribution in [0.3, 0.4) is 0 Å². The molecule has 5 nitrogen and oxygen atoms in total. The standard InChI is InChI=1S/C15H26O5/c1-5-15(3,4)14(17)20-11(2)13(16)19-10-18-12-8-6-7-9-12/h11-12H,5-10H2,1-4H3. The van der Waals surface area contributed by atoms with Crippen LogP contribution in [0.2, 0.25) is 0 Å². The molecule has 1 aliphatic rings. The molecular formula is C15H26O5. The summed E-state index contributed by atoms with van der Waals surface area (Å²) >= 11 is 0. The highest BCUT2D eigenvalue weighted by atomic mass is 16.7. The fourth-order valence-corrected chi connectivity index (χ4v) is 1.87. The van der Waals surface area contributed by atoms with Crippen LogP contribution in [0.4, 0.5) is 0 Å². The molecule has 116 valence electrons. The first kappa shape index (κ1) is 17.0. The number of carbonyl (C=O) groups excluding carboxylic acids is 2. The van der Waals surface area contributed by atoms with Gasteiger partial charge in [0.05, 0.1) is 11.5 Å². The first-order chi connectivity index (χ1) is 9.36. The minimum Gasteiger partial charge on any atom is -0.450 e. The Hall–Kier alpha value is -1.10. The van der Waals surface area contributed by atoms with Crippen molar-refractivity contribution >= 4 is 11.9 Å². The maximum Gasteiger partial charge on any atom is 0.349 e. The Labute approximate surface area is 121 Å². The summed E-state index contributed by atoms with van der Waals surface area (Å²) in [6.07, 6.45) is 4.32. The largest absolute Gasteiger partial charge is 0.450 e. The molecule has 0 heterocycles. The lowest BCUT2D eigenvalue weighted by Gasteiger charge is -2.22. The van der Waals surface area contributed by atoms with Gasteiger partial charge in [-0.15, -0.1) is 0 Å². The topological polar surface area (TPSA) is 61.8 Å². The molecule has 0 aromatic carbocycles. The predicted molar refractivity (Wildman–Crippen MR) is 73.9 cm³/mol. The lowest BCUT2D eigenvalue weighted by Crippen LogP contribution is -2.33. The van der Waals surface area contributed by atoms with Gasteiger partial charge >= 0.3 is 11.9 Å². The van der Waals surface area contributed by atoms with Gasteiger partial charge in [0.15, 0.2) is 12.9 Å². The smallest absolute Gasteiger partial charge is 0.349 e. The third kappa shape index (κ3) is 5.12. The molecule has 1 atom stereocenters. The van der Waals surface area contributed by atoms with Crippen LogP contribution in [0.1, 0.15) is 59.8 Å². The van der Waals surface area contributed by atoms with Crippen molar-refractivity contribution in [1.29, 1.82) is 0 Å². The van der Waals surface area contributed by atoms with Gasteiger partial charge in [-0.1, -0.05) is 19.8 Å². The van der Waals surface area contributed by atoms with E-state index >= 15 is 0 Å². The van der Waals surface area contributed by atoms with Gasteiger partial charge in [-0.2, -0.15) is 0 Å². The van der Waals surface area contributed by atoms with E-state index in [9.17, 15) is 9.59 Å². The molecule has 0 spiro atoms. The summed E-state index contributed by atoms with van der Waals surface area (Å²) in [6, 6.07) is 0. The molecule has 1 rings (SSSR count). The zero-order valence-electron chi connectivity index (χ0n) is 12.9. The zero-order chi connectivity index (χ0) is 15.2. The van der Waals surface area contributed by atoms with Crippen LogP contribution in [0, 0.1) is 5.41 Å². The number of carbonyl (C=O) groups is 2. The number of rotatable bonds is 7. The lowest BCUT2D eigenvalue weighted by atomic mass is 9.91. The second-order valence-corrected chi connectivity index (χ2v) is 5.94. The summed E-state index contributed by atoms with van der Waals surface area (Å²) < 4.78 is 15.5. The number of ether oxygens (including phenoxy) is 3. The number of hydrogen-bond donors (Lipinski definition) is 0. The van der Waals surface area contributed by atoms with Crippen LogP contribution in [0.5, 0.6) is 0 Å². The highest BCUT2D eigenvalue weighted by Gasteiger charge is 2.31. The lowest BCUT2D eigenvalue weighted by molar-refractivity contribution is -0.181. The van der Waals surface area contributed by atoms with E-state index in [0.717, 1.165) is 12.8 Å².